The van der Waals surface area contributed by atoms with Crippen molar-refractivity contribution in [3.8, 4) is 11.1 Å². The minimum atomic E-state index is -1.80. The molecule has 0 aromatic heterocycles. The Bertz CT molecular complexity index is 964. The number of allylic oxidation sites excluding steroid dienone is 4. The van der Waals surface area contributed by atoms with Crippen LogP contribution in [0.5, 0.6) is 0 Å². The van der Waals surface area contributed by atoms with Crippen LogP contribution < -0.4 is 3.27 Å². The van der Waals surface area contributed by atoms with Gasteiger partial charge < -0.3 is 0 Å². The first kappa shape index (κ1) is 15.0. The maximum absolute atomic E-state index is 2.55. The zero-order valence-corrected chi connectivity index (χ0v) is 16.9. The maximum atomic E-state index is 2.55. The van der Waals surface area contributed by atoms with Gasteiger partial charge in [-0.25, -0.2) is 0 Å². The summed E-state index contributed by atoms with van der Waals surface area (Å²) in [5, 5.41) is 0. The molecule has 3 aliphatic carbocycles. The average Bonchev–Trinajstić information content (AvgIpc) is 3.11. The number of rotatable bonds is 2. The molecule has 2 aromatic carbocycles. The van der Waals surface area contributed by atoms with E-state index in [0.717, 1.165) is 6.42 Å². The monoisotopic (exact) mass is 388 g/mol. The van der Waals surface area contributed by atoms with Crippen LogP contribution in [0, 0.1) is 13.8 Å². The fourth-order valence-corrected chi connectivity index (χ4v) is 12.4. The van der Waals surface area contributed by atoms with Gasteiger partial charge in [-0.2, -0.15) is 0 Å². The van der Waals surface area contributed by atoms with Crippen LogP contribution in [0.1, 0.15) is 41.5 Å². The third kappa shape index (κ3) is 2.41. The van der Waals surface area contributed by atoms with Crippen LogP contribution in [0.3, 0.4) is 0 Å². The third-order valence-corrected chi connectivity index (χ3v) is 13.4. The Morgan fingerprint density at radius 3 is 2.50 bits per heavy atom. The summed E-state index contributed by atoms with van der Waals surface area (Å²) < 4.78 is 5.51. The summed E-state index contributed by atoms with van der Waals surface area (Å²) in [5.41, 5.74) is 9.06. The molecule has 0 bridgehead atoms. The molecule has 2 aromatic rings. The van der Waals surface area contributed by atoms with Gasteiger partial charge in [-0.3, -0.25) is 0 Å². The first-order valence-electron chi connectivity index (χ1n) is 9.02. The molecular formula is C23H22Zr. The molecule has 0 heterocycles. The third-order valence-electron chi connectivity index (χ3n) is 5.53. The van der Waals surface area contributed by atoms with Crippen LogP contribution in [-0.4, -0.2) is 3.21 Å². The summed E-state index contributed by atoms with van der Waals surface area (Å²) in [6.07, 6.45) is 12.3. The molecular weight excluding hydrogens is 367 g/mol. The number of hydrogen-bond acceptors (Lipinski definition) is 0. The molecule has 0 atom stereocenters. The van der Waals surface area contributed by atoms with Gasteiger partial charge in [-0.15, -0.1) is 0 Å². The van der Waals surface area contributed by atoms with Crippen molar-refractivity contribution in [3.63, 3.8) is 0 Å². The summed E-state index contributed by atoms with van der Waals surface area (Å²) in [7, 11) is 0. The Morgan fingerprint density at radius 1 is 0.917 bits per heavy atom. The van der Waals surface area contributed by atoms with E-state index in [1.165, 1.54) is 47.1 Å². The fourth-order valence-electron chi connectivity index (χ4n) is 4.29. The van der Waals surface area contributed by atoms with Crippen molar-refractivity contribution in [2.75, 3.05) is 0 Å². The Morgan fingerprint density at radius 2 is 1.75 bits per heavy atom. The molecule has 0 aliphatic heterocycles. The van der Waals surface area contributed by atoms with Gasteiger partial charge in [0.1, 0.15) is 0 Å². The zero-order chi connectivity index (χ0) is 16.3. The molecule has 0 spiro atoms. The molecule has 1 saturated carbocycles. The first-order chi connectivity index (χ1) is 11.7. The Labute approximate surface area is 152 Å². The van der Waals surface area contributed by atoms with Crippen LogP contribution in [0.15, 0.2) is 51.8 Å². The van der Waals surface area contributed by atoms with Crippen molar-refractivity contribution in [1.29, 1.82) is 0 Å². The van der Waals surface area contributed by atoms with Crippen molar-refractivity contribution in [2.45, 2.75) is 39.5 Å². The molecule has 0 unspecified atom stereocenters. The van der Waals surface area contributed by atoms with Crippen LogP contribution in [0.25, 0.3) is 11.1 Å². The van der Waals surface area contributed by atoms with E-state index >= 15 is 0 Å². The molecule has 0 radical (unpaired) electrons. The molecule has 5 rings (SSSR count). The summed E-state index contributed by atoms with van der Waals surface area (Å²) in [4.78, 5) is 0. The number of fused-ring (bicyclic) bond motifs is 3. The van der Waals surface area contributed by atoms with Crippen LogP contribution in [0.4, 0.5) is 0 Å². The second kappa shape index (κ2) is 5.60. The van der Waals surface area contributed by atoms with E-state index in [1.54, 1.807) is 12.1 Å². The predicted molar refractivity (Wildman–Crippen MR) is 99.9 cm³/mol. The SMILES string of the molecule is Cc1ccc2c(c1)-c1cc(C)c[c]([Zr]([C]3=CC=CC3)=[C]3CC3)c1C2. The molecule has 1 heteroatoms. The molecule has 1 fully saturated rings. The second-order valence-corrected chi connectivity index (χ2v) is 14.0. The van der Waals surface area contributed by atoms with Gasteiger partial charge >= 0.3 is 152 Å². The normalized spacial score (nSPS) is 16.9. The van der Waals surface area contributed by atoms with Gasteiger partial charge in [-0.1, -0.05) is 0 Å². The zero-order valence-electron chi connectivity index (χ0n) is 14.4. The molecule has 3 aliphatic rings. The van der Waals surface area contributed by atoms with Crippen LogP contribution in [-0.2, 0) is 27.7 Å². The molecule has 0 nitrogen and oxygen atoms in total. The van der Waals surface area contributed by atoms with Crippen molar-refractivity contribution in [3.05, 3.63) is 74.1 Å². The molecule has 0 saturated heterocycles. The van der Waals surface area contributed by atoms with E-state index in [9.17, 15) is 0 Å². The average molecular weight is 390 g/mol. The van der Waals surface area contributed by atoms with Gasteiger partial charge in [0.2, 0.25) is 0 Å². The van der Waals surface area contributed by atoms with Crippen molar-refractivity contribution < 1.29 is 21.3 Å². The first-order valence-corrected chi connectivity index (χ1v) is 12.7. The molecule has 0 N–H and O–H groups in total. The second-order valence-electron chi connectivity index (χ2n) is 7.48. The number of hydrogen-bond donors (Lipinski definition) is 0. The fraction of sp³-hybridized carbons (Fsp3) is 0.261. The summed E-state index contributed by atoms with van der Waals surface area (Å²) >= 11 is -1.80. The number of benzene rings is 2. The molecule has 0 amide bonds. The summed E-state index contributed by atoms with van der Waals surface area (Å²) in [6, 6.07) is 12.0. The predicted octanol–water partition coefficient (Wildman–Crippen LogP) is 4.93. The summed E-state index contributed by atoms with van der Waals surface area (Å²) in [6.45, 7) is 4.50. The van der Waals surface area contributed by atoms with Gasteiger partial charge in [0.05, 0.1) is 0 Å². The topological polar surface area (TPSA) is 0 Å². The molecule has 118 valence electrons. The Kier molecular flexibility index (Phi) is 3.49. The van der Waals surface area contributed by atoms with E-state index in [-0.39, 0.29) is 0 Å². The number of aryl methyl sites for hydroxylation is 2. The van der Waals surface area contributed by atoms with Crippen molar-refractivity contribution in [1.82, 2.24) is 0 Å². The van der Waals surface area contributed by atoms with Gasteiger partial charge in [0.15, 0.2) is 0 Å². The van der Waals surface area contributed by atoms with Crippen LogP contribution in [0.2, 0.25) is 0 Å². The minimum absolute atomic E-state index is 1.15. The van der Waals surface area contributed by atoms with E-state index in [2.05, 4.69) is 62.4 Å². The van der Waals surface area contributed by atoms with Crippen molar-refractivity contribution >= 4 is 6.48 Å². The van der Waals surface area contributed by atoms with E-state index < -0.39 is 21.3 Å². The summed E-state index contributed by atoms with van der Waals surface area (Å²) in [5.74, 6) is 0. The quantitative estimate of drug-likeness (QED) is 0.583. The Hall–Kier alpha value is -1.33. The van der Waals surface area contributed by atoms with Gasteiger partial charge in [0, 0.05) is 0 Å². The standard InChI is InChI=1S/C15H13.C5H5.C3H4.Zr/c1-10-3-5-12-9-13-6-4-11(2)8-15(13)14(12)7-10;1-2-4-5-3-1;1-2-3-1;/h3-5,7-8H,9H2,1-2H3;1-3H,4H2;1-2H2;. The van der Waals surface area contributed by atoms with Crippen LogP contribution >= 0.6 is 0 Å². The van der Waals surface area contributed by atoms with E-state index in [4.69, 9.17) is 0 Å². The van der Waals surface area contributed by atoms with Gasteiger partial charge in [-0.05, 0) is 0 Å². The van der Waals surface area contributed by atoms with Gasteiger partial charge in [0.25, 0.3) is 0 Å². The van der Waals surface area contributed by atoms with Crippen molar-refractivity contribution in [2.24, 2.45) is 0 Å². The molecule has 24 heavy (non-hydrogen) atoms. The van der Waals surface area contributed by atoms with E-state index in [0.29, 0.717) is 0 Å². The van der Waals surface area contributed by atoms with E-state index in [1.807, 2.05) is 3.21 Å². The Balaban J connectivity index is 1.74.